The van der Waals surface area contributed by atoms with Gasteiger partial charge in [-0.05, 0) is 18.8 Å². The fourth-order valence-corrected chi connectivity index (χ4v) is 3.75. The zero-order valence-corrected chi connectivity index (χ0v) is 13.8. The van der Waals surface area contributed by atoms with Crippen molar-refractivity contribution in [3.05, 3.63) is 0 Å². The van der Waals surface area contributed by atoms with Gasteiger partial charge >= 0.3 is 0 Å². The van der Waals surface area contributed by atoms with Gasteiger partial charge in [0.1, 0.15) is 0 Å². The monoisotopic (exact) mass is 282 g/mol. The molecule has 2 fully saturated rings. The largest absolute Gasteiger partial charge is 0.381 e. The van der Waals surface area contributed by atoms with E-state index in [4.69, 9.17) is 4.74 Å². The number of hydrogen-bond acceptors (Lipinski definition) is 3. The fourth-order valence-electron chi connectivity index (χ4n) is 3.75. The predicted octanol–water partition coefficient (Wildman–Crippen LogP) is 2.38. The molecule has 116 valence electrons. The lowest BCUT2D eigenvalue weighted by Crippen LogP contribution is -2.64. The number of nitrogens with one attached hydrogen (secondary N) is 1. The maximum atomic E-state index is 12.8. The van der Waals surface area contributed by atoms with E-state index in [-0.39, 0.29) is 29.6 Å². The predicted molar refractivity (Wildman–Crippen MR) is 80.3 cm³/mol. The Morgan fingerprint density at radius 1 is 1.45 bits per heavy atom. The van der Waals surface area contributed by atoms with Crippen molar-refractivity contribution in [1.82, 2.24) is 10.2 Å². The number of carbonyl (C=O) groups excluding carboxylic acids is 1. The summed E-state index contributed by atoms with van der Waals surface area (Å²) >= 11 is 0. The summed E-state index contributed by atoms with van der Waals surface area (Å²) in [4.78, 5) is 14.9. The molecule has 0 radical (unpaired) electrons. The van der Waals surface area contributed by atoms with Crippen LogP contribution in [-0.2, 0) is 9.53 Å². The van der Waals surface area contributed by atoms with Crippen molar-refractivity contribution in [1.29, 1.82) is 0 Å². The summed E-state index contributed by atoms with van der Waals surface area (Å²) in [7, 11) is 1.77. The second-order valence-electron chi connectivity index (χ2n) is 7.24. The number of nitrogens with zero attached hydrogens (tertiary/aromatic N) is 1. The average Bonchev–Trinajstić information content (AvgIpc) is 2.67. The van der Waals surface area contributed by atoms with Crippen LogP contribution < -0.4 is 5.32 Å². The zero-order valence-electron chi connectivity index (χ0n) is 13.8. The Morgan fingerprint density at radius 2 is 2.10 bits per heavy atom. The van der Waals surface area contributed by atoms with Crippen molar-refractivity contribution in [3.8, 4) is 0 Å². The average molecular weight is 282 g/mol. The minimum Gasteiger partial charge on any atom is -0.381 e. The van der Waals surface area contributed by atoms with Crippen molar-refractivity contribution >= 4 is 5.91 Å². The number of carbonyl (C=O) groups is 1. The van der Waals surface area contributed by atoms with E-state index >= 15 is 0 Å². The van der Waals surface area contributed by atoms with Crippen molar-refractivity contribution in [2.24, 2.45) is 11.3 Å². The van der Waals surface area contributed by atoms with E-state index in [9.17, 15) is 4.79 Å². The topological polar surface area (TPSA) is 41.6 Å². The highest BCUT2D eigenvalue weighted by atomic mass is 16.5. The molecule has 2 rings (SSSR count). The molecule has 1 saturated carbocycles. The van der Waals surface area contributed by atoms with Crippen LogP contribution in [0.3, 0.4) is 0 Å². The highest BCUT2D eigenvalue weighted by Crippen LogP contribution is 2.47. The SMILES string of the molecule is CCCC1NC(C(C)C)C(=O)N1C1CC(OC)C1(C)C. The number of amides is 1. The molecule has 4 atom stereocenters. The third-order valence-electron chi connectivity index (χ3n) is 5.20. The normalized spacial score (nSPS) is 36.5. The molecule has 1 heterocycles. The molecular formula is C16H30N2O2. The van der Waals surface area contributed by atoms with Gasteiger partial charge in [0.25, 0.3) is 0 Å². The molecule has 0 spiro atoms. The van der Waals surface area contributed by atoms with Gasteiger partial charge in [-0.25, -0.2) is 0 Å². The zero-order chi connectivity index (χ0) is 15.1. The molecule has 4 heteroatoms. The van der Waals surface area contributed by atoms with E-state index in [1.165, 1.54) is 0 Å². The van der Waals surface area contributed by atoms with Crippen molar-refractivity contribution in [2.75, 3.05) is 7.11 Å². The highest BCUT2D eigenvalue weighted by Gasteiger charge is 2.56. The smallest absolute Gasteiger partial charge is 0.241 e. The van der Waals surface area contributed by atoms with Gasteiger partial charge in [0, 0.05) is 18.6 Å². The fraction of sp³-hybridized carbons (Fsp3) is 0.938. The molecule has 4 unspecified atom stereocenters. The van der Waals surface area contributed by atoms with Gasteiger partial charge < -0.3 is 9.64 Å². The lowest BCUT2D eigenvalue weighted by atomic mass is 9.63. The summed E-state index contributed by atoms with van der Waals surface area (Å²) in [6.45, 7) is 10.8. The molecule has 1 saturated heterocycles. The van der Waals surface area contributed by atoms with E-state index in [1.807, 2.05) is 0 Å². The molecule has 0 aromatic heterocycles. The highest BCUT2D eigenvalue weighted by molar-refractivity contribution is 5.85. The number of hydrogen-bond donors (Lipinski definition) is 1. The third-order valence-corrected chi connectivity index (χ3v) is 5.20. The molecule has 1 amide bonds. The molecule has 1 aliphatic heterocycles. The van der Waals surface area contributed by atoms with Gasteiger partial charge in [0.2, 0.25) is 5.91 Å². The Hall–Kier alpha value is -0.610. The van der Waals surface area contributed by atoms with Crippen LogP contribution in [0.5, 0.6) is 0 Å². The number of methoxy groups -OCH3 is 1. The van der Waals surface area contributed by atoms with Gasteiger partial charge in [-0.15, -0.1) is 0 Å². The summed E-state index contributed by atoms with van der Waals surface area (Å²) < 4.78 is 5.54. The van der Waals surface area contributed by atoms with Crippen LogP contribution in [0.15, 0.2) is 0 Å². The lowest BCUT2D eigenvalue weighted by molar-refractivity contribution is -0.163. The number of ether oxygens (including phenoxy) is 1. The Labute approximate surface area is 123 Å². The van der Waals surface area contributed by atoms with Gasteiger partial charge in [-0.2, -0.15) is 0 Å². The van der Waals surface area contributed by atoms with E-state index in [0.717, 1.165) is 19.3 Å². The standard InChI is InChI=1S/C16H30N2O2/c1-7-8-13-17-14(10(2)3)15(19)18(13)11-9-12(20-6)16(11,4)5/h10-14,17H,7-9H2,1-6H3. The Kier molecular flexibility index (Phi) is 4.45. The van der Waals surface area contributed by atoms with Crippen LogP contribution >= 0.6 is 0 Å². The van der Waals surface area contributed by atoms with E-state index in [2.05, 4.69) is 44.8 Å². The second-order valence-corrected chi connectivity index (χ2v) is 7.24. The lowest BCUT2D eigenvalue weighted by Gasteiger charge is -2.55. The first kappa shape index (κ1) is 15.8. The van der Waals surface area contributed by atoms with Gasteiger partial charge in [-0.1, -0.05) is 41.0 Å². The summed E-state index contributed by atoms with van der Waals surface area (Å²) in [5.74, 6) is 0.624. The molecule has 0 bridgehead atoms. The molecule has 1 aliphatic carbocycles. The van der Waals surface area contributed by atoms with Crippen molar-refractivity contribution in [3.63, 3.8) is 0 Å². The Bertz CT molecular complexity index is 367. The molecule has 0 aromatic carbocycles. The van der Waals surface area contributed by atoms with Crippen LogP contribution in [0.25, 0.3) is 0 Å². The van der Waals surface area contributed by atoms with Crippen molar-refractivity contribution in [2.45, 2.75) is 78.2 Å². The number of rotatable bonds is 5. The first-order valence-corrected chi connectivity index (χ1v) is 7.95. The van der Waals surface area contributed by atoms with E-state index in [1.54, 1.807) is 7.11 Å². The van der Waals surface area contributed by atoms with Crippen LogP contribution in [0.2, 0.25) is 0 Å². The first-order valence-electron chi connectivity index (χ1n) is 7.95. The van der Waals surface area contributed by atoms with Crippen LogP contribution in [0.4, 0.5) is 0 Å². The molecule has 20 heavy (non-hydrogen) atoms. The van der Waals surface area contributed by atoms with E-state index in [0.29, 0.717) is 12.0 Å². The first-order chi connectivity index (χ1) is 9.34. The molecule has 1 N–H and O–H groups in total. The van der Waals surface area contributed by atoms with Gasteiger partial charge in [0.05, 0.1) is 18.3 Å². The summed E-state index contributed by atoms with van der Waals surface area (Å²) in [5, 5.41) is 3.55. The summed E-state index contributed by atoms with van der Waals surface area (Å²) in [6, 6.07) is 0.275. The summed E-state index contributed by atoms with van der Waals surface area (Å²) in [5.41, 5.74) is 0.0456. The van der Waals surface area contributed by atoms with Crippen molar-refractivity contribution < 1.29 is 9.53 Å². The maximum absolute atomic E-state index is 12.8. The van der Waals surface area contributed by atoms with Gasteiger partial charge in [0.15, 0.2) is 0 Å². The molecule has 0 aromatic rings. The second kappa shape index (κ2) is 5.64. The minimum absolute atomic E-state index is 0.0241. The minimum atomic E-state index is -0.0241. The van der Waals surface area contributed by atoms with Crippen LogP contribution in [-0.4, -0.2) is 42.3 Å². The molecule has 2 aliphatic rings. The Morgan fingerprint density at radius 3 is 2.55 bits per heavy atom. The Balaban J connectivity index is 2.18. The van der Waals surface area contributed by atoms with Crippen LogP contribution in [0.1, 0.15) is 53.9 Å². The van der Waals surface area contributed by atoms with Crippen LogP contribution in [0, 0.1) is 11.3 Å². The quantitative estimate of drug-likeness (QED) is 0.842. The summed E-state index contributed by atoms with van der Waals surface area (Å²) in [6.07, 6.45) is 3.54. The molecule has 4 nitrogen and oxygen atoms in total. The maximum Gasteiger partial charge on any atom is 0.241 e. The third kappa shape index (κ3) is 2.37. The van der Waals surface area contributed by atoms with Gasteiger partial charge in [-0.3, -0.25) is 10.1 Å². The van der Waals surface area contributed by atoms with E-state index < -0.39 is 0 Å². The molecular weight excluding hydrogens is 252 g/mol.